The Balaban J connectivity index is 1.51. The summed E-state index contributed by atoms with van der Waals surface area (Å²) < 4.78 is 13.3. The molecular formula is C24H30N4O3. The van der Waals surface area contributed by atoms with Crippen LogP contribution in [0.2, 0.25) is 0 Å². The second kappa shape index (κ2) is 8.67. The first-order valence-corrected chi connectivity index (χ1v) is 10.7. The number of hydrogen-bond donors (Lipinski definition) is 0. The second-order valence-corrected chi connectivity index (χ2v) is 8.28. The number of pyridine rings is 1. The number of amides is 1. The topological polar surface area (TPSA) is 69.5 Å². The van der Waals surface area contributed by atoms with Crippen LogP contribution in [-0.2, 0) is 23.0 Å². The summed E-state index contributed by atoms with van der Waals surface area (Å²) >= 11 is 0. The Hall–Kier alpha value is -2.93. The molecule has 0 N–H and O–H groups in total. The van der Waals surface area contributed by atoms with Crippen molar-refractivity contribution in [2.45, 2.75) is 45.8 Å². The maximum absolute atomic E-state index is 13.1. The van der Waals surface area contributed by atoms with Gasteiger partial charge in [-0.3, -0.25) is 4.79 Å². The van der Waals surface area contributed by atoms with E-state index in [4.69, 9.17) is 14.5 Å². The fourth-order valence-corrected chi connectivity index (χ4v) is 4.50. The first kappa shape index (κ1) is 21.3. The van der Waals surface area contributed by atoms with Gasteiger partial charge in [-0.15, -0.1) is 5.10 Å². The van der Waals surface area contributed by atoms with Gasteiger partial charge in [0, 0.05) is 25.7 Å². The molecule has 1 aliphatic heterocycles. The van der Waals surface area contributed by atoms with Crippen LogP contribution in [0.4, 0.5) is 0 Å². The highest BCUT2D eigenvalue weighted by molar-refractivity contribution is 5.86. The molecule has 3 aromatic rings. The second-order valence-electron chi connectivity index (χ2n) is 8.28. The van der Waals surface area contributed by atoms with Gasteiger partial charge in [0.05, 0.1) is 25.1 Å². The lowest BCUT2D eigenvalue weighted by Crippen LogP contribution is -2.46. The maximum Gasteiger partial charge on any atom is 0.242 e. The zero-order chi connectivity index (χ0) is 22.1. The summed E-state index contributed by atoms with van der Waals surface area (Å²) in [6.07, 6.45) is 0.990. The number of nitrogens with zero attached hydrogens (tertiary/aromatic N) is 4. The van der Waals surface area contributed by atoms with Gasteiger partial charge in [-0.2, -0.15) is 0 Å². The molecule has 3 heterocycles. The van der Waals surface area contributed by atoms with E-state index in [2.05, 4.69) is 24.2 Å². The van der Waals surface area contributed by atoms with E-state index in [0.717, 1.165) is 33.4 Å². The summed E-state index contributed by atoms with van der Waals surface area (Å²) in [5.74, 6) is 0.718. The maximum atomic E-state index is 13.1. The van der Waals surface area contributed by atoms with Crippen LogP contribution in [0.3, 0.4) is 0 Å². The van der Waals surface area contributed by atoms with Crippen molar-refractivity contribution in [3.05, 3.63) is 52.7 Å². The molecule has 1 saturated heterocycles. The molecule has 31 heavy (non-hydrogen) atoms. The van der Waals surface area contributed by atoms with Gasteiger partial charge < -0.3 is 14.4 Å². The number of hydrogen-bond acceptors (Lipinski definition) is 5. The molecule has 7 heteroatoms. The number of methoxy groups -OCH3 is 1. The van der Waals surface area contributed by atoms with Crippen LogP contribution in [0, 0.1) is 13.8 Å². The minimum absolute atomic E-state index is 0.00375. The van der Waals surface area contributed by atoms with Crippen molar-refractivity contribution < 1.29 is 14.3 Å². The third-order valence-electron chi connectivity index (χ3n) is 6.09. The van der Waals surface area contributed by atoms with Gasteiger partial charge in [-0.25, -0.2) is 9.67 Å². The molecule has 2 unspecified atom stereocenters. The SMILES string of the molecule is COc1nn(C)c2nc(C)c(CCC(=O)N3CC(C)OC(c4ccccc4)C3)c(C)c12. The molecule has 1 aromatic carbocycles. The van der Waals surface area contributed by atoms with E-state index >= 15 is 0 Å². The quantitative estimate of drug-likeness (QED) is 0.629. The predicted octanol–water partition coefficient (Wildman–Crippen LogP) is 3.51. The zero-order valence-corrected chi connectivity index (χ0v) is 18.9. The van der Waals surface area contributed by atoms with Crippen LogP contribution in [0.5, 0.6) is 5.88 Å². The third-order valence-corrected chi connectivity index (χ3v) is 6.09. The number of carbonyl (C=O) groups is 1. The minimum atomic E-state index is -0.0879. The Morgan fingerprint density at radius 1 is 1.23 bits per heavy atom. The van der Waals surface area contributed by atoms with Crippen molar-refractivity contribution in [3.63, 3.8) is 0 Å². The van der Waals surface area contributed by atoms with Crippen molar-refractivity contribution in [3.8, 4) is 5.88 Å². The van der Waals surface area contributed by atoms with Crippen LogP contribution in [-0.4, -0.2) is 51.9 Å². The Bertz CT molecular complexity index is 1090. The van der Waals surface area contributed by atoms with E-state index in [1.807, 2.05) is 44.0 Å². The predicted molar refractivity (Wildman–Crippen MR) is 119 cm³/mol. The molecule has 2 atom stereocenters. The molecule has 0 spiro atoms. The fraction of sp³-hybridized carbons (Fsp3) is 0.458. The largest absolute Gasteiger partial charge is 0.479 e. The third kappa shape index (κ3) is 4.14. The fourth-order valence-electron chi connectivity index (χ4n) is 4.50. The van der Waals surface area contributed by atoms with Crippen LogP contribution in [0.15, 0.2) is 30.3 Å². The Morgan fingerprint density at radius 3 is 2.68 bits per heavy atom. The Labute approximate surface area is 183 Å². The van der Waals surface area contributed by atoms with Crippen molar-refractivity contribution in [1.82, 2.24) is 19.7 Å². The normalized spacial score (nSPS) is 19.1. The molecule has 7 nitrogen and oxygen atoms in total. The van der Waals surface area contributed by atoms with Crippen molar-refractivity contribution >= 4 is 16.9 Å². The number of carbonyl (C=O) groups excluding carboxylic acids is 1. The van der Waals surface area contributed by atoms with E-state index in [1.54, 1.807) is 11.8 Å². The van der Waals surface area contributed by atoms with Crippen LogP contribution in [0.25, 0.3) is 11.0 Å². The number of benzene rings is 1. The molecule has 1 amide bonds. The molecule has 1 aliphatic rings. The lowest BCUT2D eigenvalue weighted by Gasteiger charge is -2.37. The van der Waals surface area contributed by atoms with Gasteiger partial charge in [0.15, 0.2) is 5.65 Å². The molecule has 0 aliphatic carbocycles. The molecule has 0 saturated carbocycles. The summed E-state index contributed by atoms with van der Waals surface area (Å²) in [5, 5.41) is 5.33. The van der Waals surface area contributed by atoms with Crippen LogP contribution >= 0.6 is 0 Å². The van der Waals surface area contributed by atoms with E-state index in [1.165, 1.54) is 0 Å². The number of aromatic nitrogens is 3. The van der Waals surface area contributed by atoms with Crippen molar-refractivity contribution in [2.24, 2.45) is 7.05 Å². The van der Waals surface area contributed by atoms with Gasteiger partial charge in [0.25, 0.3) is 0 Å². The van der Waals surface area contributed by atoms with E-state index in [9.17, 15) is 4.79 Å². The summed E-state index contributed by atoms with van der Waals surface area (Å²) in [6, 6.07) is 10.1. The summed E-state index contributed by atoms with van der Waals surface area (Å²) in [5.41, 5.74) is 5.01. The molecular weight excluding hydrogens is 392 g/mol. The zero-order valence-electron chi connectivity index (χ0n) is 18.9. The van der Waals surface area contributed by atoms with Crippen LogP contribution < -0.4 is 4.74 Å². The van der Waals surface area contributed by atoms with Gasteiger partial charge in [0.2, 0.25) is 11.8 Å². The highest BCUT2D eigenvalue weighted by atomic mass is 16.5. The average Bonchev–Trinajstić information content (AvgIpc) is 3.09. The number of morpholine rings is 1. The van der Waals surface area contributed by atoms with Gasteiger partial charge in [-0.1, -0.05) is 30.3 Å². The van der Waals surface area contributed by atoms with E-state index < -0.39 is 0 Å². The minimum Gasteiger partial charge on any atom is -0.479 e. The number of rotatable bonds is 5. The van der Waals surface area contributed by atoms with Gasteiger partial charge in [0.1, 0.15) is 6.10 Å². The Kier molecular flexibility index (Phi) is 5.96. The van der Waals surface area contributed by atoms with Gasteiger partial charge >= 0.3 is 0 Å². The smallest absolute Gasteiger partial charge is 0.242 e. The molecule has 2 aromatic heterocycles. The molecule has 164 valence electrons. The van der Waals surface area contributed by atoms with E-state index in [0.29, 0.717) is 31.8 Å². The summed E-state index contributed by atoms with van der Waals surface area (Å²) in [7, 11) is 3.48. The first-order valence-electron chi connectivity index (χ1n) is 10.7. The number of fused-ring (bicyclic) bond motifs is 1. The molecule has 0 bridgehead atoms. The highest BCUT2D eigenvalue weighted by Crippen LogP contribution is 2.31. The first-order chi connectivity index (χ1) is 14.9. The standard InChI is InChI=1S/C24H30N4O3/c1-15-13-28(14-20(31-15)18-9-7-6-8-10-18)21(29)12-11-19-16(2)22-23(25-17(19)3)27(4)26-24(22)30-5/h6-10,15,20H,11-14H2,1-5H3. The summed E-state index contributed by atoms with van der Waals surface area (Å²) in [4.78, 5) is 19.8. The monoisotopic (exact) mass is 422 g/mol. The van der Waals surface area contributed by atoms with E-state index in [-0.39, 0.29) is 18.1 Å². The molecule has 1 fully saturated rings. The molecule has 0 radical (unpaired) electrons. The summed E-state index contributed by atoms with van der Waals surface area (Å²) in [6.45, 7) is 7.28. The number of ether oxygens (including phenoxy) is 2. The van der Waals surface area contributed by atoms with Gasteiger partial charge in [-0.05, 0) is 43.9 Å². The lowest BCUT2D eigenvalue weighted by molar-refractivity contribution is -0.144. The number of aryl methyl sites for hydroxylation is 3. The average molecular weight is 423 g/mol. The van der Waals surface area contributed by atoms with Crippen molar-refractivity contribution in [1.29, 1.82) is 0 Å². The Morgan fingerprint density at radius 2 is 1.97 bits per heavy atom. The highest BCUT2D eigenvalue weighted by Gasteiger charge is 2.29. The van der Waals surface area contributed by atoms with Crippen molar-refractivity contribution in [2.75, 3.05) is 20.2 Å². The van der Waals surface area contributed by atoms with Crippen LogP contribution in [0.1, 0.15) is 41.8 Å². The lowest BCUT2D eigenvalue weighted by atomic mass is 9.99. The molecule has 4 rings (SSSR count).